The molecular weight excluding hydrogens is 389 g/mol. The SMILES string of the molecule is CCC(C(O)C(O)CO)[Si](O[Si](C)(C)C)(O[Si](C)(C)C)O[Si](C)(C)C. The molecule has 0 heterocycles. The molecule has 0 aliphatic rings. The fourth-order valence-electron chi connectivity index (χ4n) is 2.65. The largest absolute Gasteiger partial charge is 0.475 e. The van der Waals surface area contributed by atoms with Crippen LogP contribution in [0.5, 0.6) is 0 Å². The quantitative estimate of drug-likeness (QED) is 0.438. The van der Waals surface area contributed by atoms with Gasteiger partial charge in [0.15, 0.2) is 25.0 Å². The van der Waals surface area contributed by atoms with Crippen LogP contribution in [0.1, 0.15) is 13.3 Å². The van der Waals surface area contributed by atoms with Gasteiger partial charge in [-0.3, -0.25) is 0 Å². The Hall–Kier alpha value is 0.628. The van der Waals surface area contributed by atoms with Crippen LogP contribution in [0.2, 0.25) is 64.5 Å². The summed E-state index contributed by atoms with van der Waals surface area (Å²) in [7, 11) is -9.49. The van der Waals surface area contributed by atoms with Crippen LogP contribution in [0.3, 0.4) is 0 Å². The molecule has 3 atom stereocenters. The van der Waals surface area contributed by atoms with Crippen LogP contribution >= 0.6 is 0 Å². The molecule has 0 bridgehead atoms. The Morgan fingerprint density at radius 2 is 1.04 bits per heavy atom. The second-order valence-electron chi connectivity index (χ2n) is 9.50. The summed E-state index contributed by atoms with van der Waals surface area (Å²) in [5.41, 5.74) is -0.472. The maximum Gasteiger partial charge on any atom is 0.475 e. The summed E-state index contributed by atoms with van der Waals surface area (Å²) in [5.74, 6) is 0. The highest BCUT2D eigenvalue weighted by Gasteiger charge is 2.58. The molecule has 0 aromatic rings. The van der Waals surface area contributed by atoms with Gasteiger partial charge in [0, 0.05) is 0 Å². The first-order valence-corrected chi connectivity index (χ1v) is 21.1. The number of aliphatic hydroxyl groups excluding tert-OH is 3. The number of rotatable bonds is 11. The average molecular weight is 429 g/mol. The Morgan fingerprint density at radius 3 is 1.24 bits per heavy atom. The summed E-state index contributed by atoms with van der Waals surface area (Å²) in [6.07, 6.45) is -1.84. The predicted molar refractivity (Wildman–Crippen MR) is 112 cm³/mol. The van der Waals surface area contributed by atoms with Crippen molar-refractivity contribution in [3.05, 3.63) is 0 Å². The Balaban J connectivity index is 6.25. The van der Waals surface area contributed by atoms with Crippen LogP contribution in [0.4, 0.5) is 0 Å². The van der Waals surface area contributed by atoms with Gasteiger partial charge in [-0.15, -0.1) is 0 Å². The second kappa shape index (κ2) is 9.21. The highest BCUT2D eigenvalue weighted by atomic mass is 28.5. The summed E-state index contributed by atoms with van der Waals surface area (Å²) in [6, 6.07) is 0. The molecule has 0 saturated heterocycles. The van der Waals surface area contributed by atoms with Gasteiger partial charge in [0.25, 0.3) is 0 Å². The smallest absolute Gasteiger partial charge is 0.417 e. The number of hydrogen-bond donors (Lipinski definition) is 3. The first kappa shape index (κ1) is 25.6. The highest BCUT2D eigenvalue weighted by Crippen LogP contribution is 2.39. The molecule has 0 aromatic heterocycles. The van der Waals surface area contributed by atoms with E-state index >= 15 is 0 Å². The molecule has 0 amide bonds. The zero-order valence-electron chi connectivity index (χ0n) is 17.7. The van der Waals surface area contributed by atoms with E-state index in [0.29, 0.717) is 6.42 Å². The van der Waals surface area contributed by atoms with Crippen molar-refractivity contribution < 1.29 is 27.7 Å². The Labute approximate surface area is 158 Å². The fourth-order valence-corrected chi connectivity index (χ4v) is 17.5. The Bertz CT molecular complexity index is 362. The summed E-state index contributed by atoms with van der Waals surface area (Å²) in [5, 5.41) is 30.1. The van der Waals surface area contributed by atoms with Gasteiger partial charge in [-0.2, -0.15) is 0 Å². The summed E-state index contributed by atoms with van der Waals surface area (Å²) >= 11 is 0. The lowest BCUT2D eigenvalue weighted by Crippen LogP contribution is -2.65. The van der Waals surface area contributed by atoms with Gasteiger partial charge in [0.2, 0.25) is 0 Å². The third-order valence-electron chi connectivity index (χ3n) is 3.23. The monoisotopic (exact) mass is 428 g/mol. The van der Waals surface area contributed by atoms with Crippen molar-refractivity contribution in [2.75, 3.05) is 6.61 Å². The molecule has 152 valence electrons. The van der Waals surface area contributed by atoms with Crippen molar-refractivity contribution in [3.8, 4) is 0 Å². The van der Waals surface area contributed by atoms with Gasteiger partial charge >= 0.3 is 8.80 Å². The molecule has 6 nitrogen and oxygen atoms in total. The van der Waals surface area contributed by atoms with Crippen LogP contribution in [0.15, 0.2) is 0 Å². The molecule has 3 unspecified atom stereocenters. The first-order chi connectivity index (χ1) is 11.0. The molecule has 0 aromatic carbocycles. The Morgan fingerprint density at radius 1 is 0.720 bits per heavy atom. The molecule has 0 aliphatic heterocycles. The van der Waals surface area contributed by atoms with Gasteiger partial charge in [-0.1, -0.05) is 6.92 Å². The minimum Gasteiger partial charge on any atom is -0.417 e. The van der Waals surface area contributed by atoms with Crippen LogP contribution in [0.25, 0.3) is 0 Å². The van der Waals surface area contributed by atoms with Crippen LogP contribution in [-0.4, -0.2) is 67.9 Å². The van der Waals surface area contributed by atoms with Crippen LogP contribution in [-0.2, 0) is 12.3 Å². The maximum atomic E-state index is 10.7. The van der Waals surface area contributed by atoms with Crippen LogP contribution < -0.4 is 0 Å². The molecule has 10 heteroatoms. The zero-order valence-corrected chi connectivity index (χ0v) is 21.7. The van der Waals surface area contributed by atoms with Crippen molar-refractivity contribution in [2.45, 2.75) is 90.0 Å². The molecule has 3 N–H and O–H groups in total. The van der Waals surface area contributed by atoms with E-state index in [2.05, 4.69) is 58.9 Å². The van der Waals surface area contributed by atoms with Crippen molar-refractivity contribution in [1.29, 1.82) is 0 Å². The van der Waals surface area contributed by atoms with Gasteiger partial charge in [-0.05, 0) is 65.3 Å². The van der Waals surface area contributed by atoms with E-state index < -0.39 is 58.1 Å². The normalized spacial score (nSPS) is 18.1. The average Bonchev–Trinajstić information content (AvgIpc) is 2.31. The number of hydrogen-bond acceptors (Lipinski definition) is 6. The van der Waals surface area contributed by atoms with Gasteiger partial charge < -0.3 is 27.7 Å². The van der Waals surface area contributed by atoms with Crippen LogP contribution in [0, 0.1) is 0 Å². The molecule has 0 fully saturated rings. The van der Waals surface area contributed by atoms with E-state index in [1.807, 2.05) is 6.92 Å². The highest BCUT2D eigenvalue weighted by molar-refractivity contribution is 6.90. The van der Waals surface area contributed by atoms with E-state index in [9.17, 15) is 15.3 Å². The second-order valence-corrected chi connectivity index (χ2v) is 26.6. The first-order valence-electron chi connectivity index (χ1n) is 9.04. The molecule has 0 saturated carbocycles. The minimum absolute atomic E-state index is 0.472. The lowest BCUT2D eigenvalue weighted by atomic mass is 10.1. The van der Waals surface area contributed by atoms with Crippen molar-refractivity contribution in [1.82, 2.24) is 0 Å². The maximum absolute atomic E-state index is 10.7. The number of aliphatic hydroxyl groups is 3. The fraction of sp³-hybridized carbons (Fsp3) is 1.00. The summed E-state index contributed by atoms with van der Waals surface area (Å²) in [4.78, 5) is 0. The third-order valence-corrected chi connectivity index (χ3v) is 15.7. The van der Waals surface area contributed by atoms with Crippen molar-refractivity contribution in [2.24, 2.45) is 0 Å². The molecular formula is C15H40O6Si4. The third kappa shape index (κ3) is 9.40. The van der Waals surface area contributed by atoms with E-state index in [4.69, 9.17) is 12.3 Å². The van der Waals surface area contributed by atoms with Crippen molar-refractivity contribution in [3.63, 3.8) is 0 Å². The topological polar surface area (TPSA) is 88.4 Å². The molecule has 0 aliphatic carbocycles. The van der Waals surface area contributed by atoms with Gasteiger partial charge in [0.05, 0.1) is 18.3 Å². The van der Waals surface area contributed by atoms with Crippen molar-refractivity contribution >= 4 is 33.8 Å². The lowest BCUT2D eigenvalue weighted by molar-refractivity contribution is -0.0265. The van der Waals surface area contributed by atoms with E-state index in [-0.39, 0.29) is 0 Å². The molecule has 0 rings (SSSR count). The standard InChI is InChI=1S/C15H40O6Si4/c1-11-14(15(18)13(17)12-16)25(19-22(2,3)4,20-23(5,6)7)21-24(8,9)10/h13-18H,11-12H2,1-10H3. The summed E-state index contributed by atoms with van der Waals surface area (Å²) < 4.78 is 19.8. The van der Waals surface area contributed by atoms with Gasteiger partial charge in [-0.25, -0.2) is 0 Å². The van der Waals surface area contributed by atoms with E-state index in [1.165, 1.54) is 0 Å². The summed E-state index contributed by atoms with van der Waals surface area (Å²) in [6.45, 7) is 20.2. The molecule has 0 spiro atoms. The van der Waals surface area contributed by atoms with E-state index in [0.717, 1.165) is 0 Å². The lowest BCUT2D eigenvalue weighted by Gasteiger charge is -2.47. The van der Waals surface area contributed by atoms with E-state index in [1.54, 1.807) is 0 Å². The Kier molecular flexibility index (Phi) is 9.45. The van der Waals surface area contributed by atoms with Gasteiger partial charge in [0.1, 0.15) is 6.10 Å². The molecule has 0 radical (unpaired) electrons. The predicted octanol–water partition coefficient (Wildman–Crippen LogP) is 2.97. The zero-order chi connectivity index (χ0) is 20.3. The minimum atomic E-state index is -3.31. The molecule has 25 heavy (non-hydrogen) atoms.